The molecular formula is C22H22F2N6O2S. The van der Waals surface area contributed by atoms with Gasteiger partial charge in [-0.3, -0.25) is 4.57 Å². The Bertz CT molecular complexity index is 1240. The van der Waals surface area contributed by atoms with Crippen LogP contribution in [0.5, 0.6) is 0 Å². The zero-order chi connectivity index (χ0) is 23.2. The normalized spacial score (nSPS) is 13.5. The predicted molar refractivity (Wildman–Crippen MR) is 122 cm³/mol. The number of pyridine rings is 1. The number of nitrogens with one attached hydrogen (secondary N) is 1. The van der Waals surface area contributed by atoms with Crippen LogP contribution in [0.15, 0.2) is 46.9 Å². The van der Waals surface area contributed by atoms with E-state index in [1.165, 1.54) is 15.9 Å². The Morgan fingerprint density at radius 3 is 2.73 bits per heavy atom. The van der Waals surface area contributed by atoms with E-state index in [0.717, 1.165) is 34.2 Å². The first-order valence-corrected chi connectivity index (χ1v) is 11.1. The van der Waals surface area contributed by atoms with Crippen molar-refractivity contribution in [1.29, 1.82) is 0 Å². The number of rotatable bonds is 6. The summed E-state index contributed by atoms with van der Waals surface area (Å²) in [6.07, 6.45) is -0.292. The Kier molecular flexibility index (Phi) is 7.29. The van der Waals surface area contributed by atoms with Crippen molar-refractivity contribution in [2.75, 3.05) is 37.7 Å². The maximum absolute atomic E-state index is 12.9. The van der Waals surface area contributed by atoms with E-state index in [-0.39, 0.29) is 30.9 Å². The van der Waals surface area contributed by atoms with Gasteiger partial charge in [-0.15, -0.1) is 11.3 Å². The van der Waals surface area contributed by atoms with Gasteiger partial charge < -0.3 is 15.4 Å². The minimum atomic E-state index is -1.85. The smallest absolute Gasteiger partial charge is 0.343 e. The van der Waals surface area contributed by atoms with Crippen LogP contribution in [0.1, 0.15) is 21.1 Å². The first kappa shape index (κ1) is 22.8. The number of nitrogens with zero attached hydrogens (tertiary/aromatic N) is 4. The standard InChI is InChI=1S/C22H22F2N6O2S/c23-21(24)16(12-25)11-20-27-28-22(31)30(20)14-18-5-4-17(33-18)3-1-15-2-6-19(26-13-15)29-7-9-32-10-8-29/h2,4-6,13H,7-12,14,25H2,(H,28,31). The number of thiophene rings is 1. The molecular weight excluding hydrogens is 450 g/mol. The molecule has 33 heavy (non-hydrogen) atoms. The van der Waals surface area contributed by atoms with Gasteiger partial charge in [-0.25, -0.2) is 14.9 Å². The summed E-state index contributed by atoms with van der Waals surface area (Å²) in [6.45, 7) is 2.96. The molecule has 11 heteroatoms. The van der Waals surface area contributed by atoms with E-state index < -0.39 is 11.8 Å². The van der Waals surface area contributed by atoms with Crippen molar-refractivity contribution < 1.29 is 13.5 Å². The molecule has 0 bridgehead atoms. The molecule has 4 heterocycles. The van der Waals surface area contributed by atoms with Gasteiger partial charge in [-0.2, -0.15) is 13.9 Å². The fraction of sp³-hybridized carbons (Fsp3) is 0.318. The van der Waals surface area contributed by atoms with Gasteiger partial charge in [0.05, 0.1) is 24.6 Å². The number of H-pyrrole nitrogens is 1. The summed E-state index contributed by atoms with van der Waals surface area (Å²) in [7, 11) is 0. The van der Waals surface area contributed by atoms with E-state index in [2.05, 4.69) is 31.9 Å². The molecule has 0 amide bonds. The first-order valence-electron chi connectivity index (χ1n) is 10.3. The van der Waals surface area contributed by atoms with Crippen LogP contribution in [-0.2, 0) is 17.7 Å². The zero-order valence-corrected chi connectivity index (χ0v) is 18.5. The molecule has 0 radical (unpaired) electrons. The number of anilines is 1. The molecule has 1 fully saturated rings. The molecule has 0 spiro atoms. The Morgan fingerprint density at radius 1 is 1.21 bits per heavy atom. The molecule has 1 aliphatic rings. The molecule has 4 rings (SSSR count). The molecule has 0 atom stereocenters. The number of aromatic amines is 1. The number of aromatic nitrogens is 4. The minimum absolute atomic E-state index is 0.191. The van der Waals surface area contributed by atoms with E-state index in [9.17, 15) is 13.6 Å². The Hall–Kier alpha value is -3.33. The third-order valence-corrected chi connectivity index (χ3v) is 6.10. The first-order chi connectivity index (χ1) is 16.0. The van der Waals surface area contributed by atoms with Crippen molar-refractivity contribution in [2.45, 2.75) is 13.0 Å². The molecule has 0 aliphatic carbocycles. The number of hydrogen-bond donors (Lipinski definition) is 2. The van der Waals surface area contributed by atoms with Crippen LogP contribution in [0.4, 0.5) is 14.6 Å². The summed E-state index contributed by atoms with van der Waals surface area (Å²) in [6, 6.07) is 7.60. The van der Waals surface area contributed by atoms with Crippen molar-refractivity contribution in [3.63, 3.8) is 0 Å². The summed E-state index contributed by atoms with van der Waals surface area (Å²) >= 11 is 1.42. The van der Waals surface area contributed by atoms with E-state index in [1.807, 2.05) is 24.3 Å². The number of morpholine rings is 1. The average Bonchev–Trinajstić information content (AvgIpc) is 3.43. The highest BCUT2D eigenvalue weighted by molar-refractivity contribution is 7.12. The van der Waals surface area contributed by atoms with Crippen molar-refractivity contribution in [3.8, 4) is 11.8 Å². The molecule has 0 saturated carbocycles. The van der Waals surface area contributed by atoms with Gasteiger partial charge in [0.15, 0.2) is 0 Å². The van der Waals surface area contributed by atoms with Crippen LogP contribution in [0, 0.1) is 11.8 Å². The SMILES string of the molecule is NCC(Cc1n[nH]c(=O)n1Cc1ccc(C#Cc2ccc(N3CCOCC3)nc2)s1)=C(F)F. The lowest BCUT2D eigenvalue weighted by Crippen LogP contribution is -2.36. The highest BCUT2D eigenvalue weighted by atomic mass is 32.1. The lowest BCUT2D eigenvalue weighted by molar-refractivity contribution is 0.122. The molecule has 172 valence electrons. The molecule has 0 unspecified atom stereocenters. The van der Waals surface area contributed by atoms with E-state index in [1.54, 1.807) is 6.20 Å². The lowest BCUT2D eigenvalue weighted by Gasteiger charge is -2.27. The van der Waals surface area contributed by atoms with Crippen LogP contribution in [-0.4, -0.2) is 52.6 Å². The van der Waals surface area contributed by atoms with E-state index in [4.69, 9.17) is 10.5 Å². The second-order valence-corrected chi connectivity index (χ2v) is 8.46. The van der Waals surface area contributed by atoms with Crippen LogP contribution in [0.3, 0.4) is 0 Å². The number of hydrogen-bond acceptors (Lipinski definition) is 7. The van der Waals surface area contributed by atoms with Gasteiger partial charge in [-0.05, 0) is 24.3 Å². The van der Waals surface area contributed by atoms with E-state index >= 15 is 0 Å². The van der Waals surface area contributed by atoms with Gasteiger partial charge in [-0.1, -0.05) is 11.8 Å². The number of halogens is 2. The van der Waals surface area contributed by atoms with Crippen molar-refractivity contribution in [1.82, 2.24) is 19.7 Å². The van der Waals surface area contributed by atoms with Gasteiger partial charge in [0, 0.05) is 48.3 Å². The summed E-state index contributed by atoms with van der Waals surface area (Å²) in [4.78, 5) is 20.4. The summed E-state index contributed by atoms with van der Waals surface area (Å²) < 4.78 is 32.6. The van der Waals surface area contributed by atoms with Crippen LogP contribution in [0.25, 0.3) is 0 Å². The van der Waals surface area contributed by atoms with Crippen LogP contribution in [0.2, 0.25) is 0 Å². The van der Waals surface area contributed by atoms with Gasteiger partial charge >= 0.3 is 5.69 Å². The fourth-order valence-electron chi connectivity index (χ4n) is 3.31. The van der Waals surface area contributed by atoms with Gasteiger partial charge in [0.2, 0.25) is 0 Å². The topological polar surface area (TPSA) is 102 Å². The van der Waals surface area contributed by atoms with E-state index in [0.29, 0.717) is 13.2 Å². The maximum Gasteiger partial charge on any atom is 0.343 e. The molecule has 3 N–H and O–H groups in total. The summed E-state index contributed by atoms with van der Waals surface area (Å²) in [5, 5.41) is 6.18. The second kappa shape index (κ2) is 10.5. The fourth-order valence-corrected chi connectivity index (χ4v) is 4.16. The molecule has 1 saturated heterocycles. The quantitative estimate of drug-likeness (QED) is 0.532. The second-order valence-electron chi connectivity index (χ2n) is 7.30. The third-order valence-electron chi connectivity index (χ3n) is 5.11. The molecule has 3 aromatic heterocycles. The Morgan fingerprint density at radius 2 is 2.03 bits per heavy atom. The average molecular weight is 473 g/mol. The van der Waals surface area contributed by atoms with Crippen molar-refractivity contribution >= 4 is 17.2 Å². The van der Waals surface area contributed by atoms with Crippen LogP contribution >= 0.6 is 11.3 Å². The molecule has 0 aromatic carbocycles. The zero-order valence-electron chi connectivity index (χ0n) is 17.7. The predicted octanol–water partition coefficient (Wildman–Crippen LogP) is 1.96. The van der Waals surface area contributed by atoms with Crippen molar-refractivity contribution in [2.24, 2.45) is 5.73 Å². The Balaban J connectivity index is 1.44. The lowest BCUT2D eigenvalue weighted by atomic mass is 10.2. The number of ether oxygens (including phenoxy) is 1. The van der Waals surface area contributed by atoms with Crippen LogP contribution < -0.4 is 16.3 Å². The van der Waals surface area contributed by atoms with Gasteiger partial charge in [0.1, 0.15) is 11.6 Å². The molecule has 3 aromatic rings. The summed E-state index contributed by atoms with van der Waals surface area (Å²) in [5.41, 5.74) is 5.46. The molecule has 8 nitrogen and oxygen atoms in total. The highest BCUT2D eigenvalue weighted by Gasteiger charge is 2.15. The van der Waals surface area contributed by atoms with Gasteiger partial charge in [0.25, 0.3) is 6.08 Å². The van der Waals surface area contributed by atoms with Crippen molar-refractivity contribution in [3.05, 3.63) is 73.7 Å². The summed E-state index contributed by atoms with van der Waals surface area (Å²) in [5.74, 6) is 7.32. The number of nitrogens with two attached hydrogens (primary N) is 1. The monoisotopic (exact) mass is 472 g/mol. The maximum atomic E-state index is 12.9. The highest BCUT2D eigenvalue weighted by Crippen LogP contribution is 2.18. The minimum Gasteiger partial charge on any atom is -0.378 e. The molecule has 1 aliphatic heterocycles. The third kappa shape index (κ3) is 5.73. The largest absolute Gasteiger partial charge is 0.378 e. The Labute approximate surface area is 192 Å².